The summed E-state index contributed by atoms with van der Waals surface area (Å²) in [5, 5.41) is 5.37. The van der Waals surface area contributed by atoms with E-state index in [0.29, 0.717) is 5.92 Å². The van der Waals surface area contributed by atoms with Gasteiger partial charge in [0.15, 0.2) is 4.96 Å². The summed E-state index contributed by atoms with van der Waals surface area (Å²) in [6.07, 6.45) is 5.18. The van der Waals surface area contributed by atoms with Crippen molar-refractivity contribution in [2.45, 2.75) is 19.3 Å². The Bertz CT molecular complexity index is 670. The topological polar surface area (TPSA) is 29.3 Å². The van der Waals surface area contributed by atoms with Crippen LogP contribution in [-0.4, -0.2) is 23.0 Å². The minimum absolute atomic E-state index is 0.463. The molecule has 1 atom stereocenters. The van der Waals surface area contributed by atoms with Crippen LogP contribution in [0.15, 0.2) is 42.0 Å². The van der Waals surface area contributed by atoms with E-state index in [2.05, 4.69) is 58.7 Å². The van der Waals surface area contributed by atoms with Gasteiger partial charge in [0.25, 0.3) is 0 Å². The number of aryl methyl sites for hydroxylation is 1. The first-order chi connectivity index (χ1) is 9.76. The predicted octanol–water partition coefficient (Wildman–Crippen LogP) is 3.25. The minimum Gasteiger partial charge on any atom is -0.319 e. The quantitative estimate of drug-likeness (QED) is 0.779. The fourth-order valence-electron chi connectivity index (χ4n) is 2.61. The normalized spacial score (nSPS) is 12.9. The number of aromatic nitrogens is 2. The second kappa shape index (κ2) is 5.77. The number of hydrogen-bond donors (Lipinski definition) is 1. The SMILES string of the molecule is CNCC(Cc1cn2ccsc2n1)c1cccc(C)c1. The Labute approximate surface area is 123 Å². The van der Waals surface area contributed by atoms with Crippen molar-refractivity contribution in [3.8, 4) is 0 Å². The van der Waals surface area contributed by atoms with Gasteiger partial charge in [0.2, 0.25) is 0 Å². The lowest BCUT2D eigenvalue weighted by Crippen LogP contribution is -2.19. The van der Waals surface area contributed by atoms with E-state index in [1.54, 1.807) is 11.3 Å². The lowest BCUT2D eigenvalue weighted by molar-refractivity contribution is 0.619. The third-order valence-corrected chi connectivity index (χ3v) is 4.33. The number of rotatable bonds is 5. The van der Waals surface area contributed by atoms with Crippen LogP contribution < -0.4 is 5.32 Å². The molecule has 0 radical (unpaired) electrons. The number of imidazole rings is 1. The van der Waals surface area contributed by atoms with Crippen LogP contribution >= 0.6 is 11.3 Å². The van der Waals surface area contributed by atoms with E-state index >= 15 is 0 Å². The van der Waals surface area contributed by atoms with Crippen molar-refractivity contribution in [3.05, 3.63) is 58.9 Å². The Hall–Kier alpha value is -1.65. The maximum absolute atomic E-state index is 4.70. The zero-order chi connectivity index (χ0) is 13.9. The van der Waals surface area contributed by atoms with Crippen LogP contribution in [0.1, 0.15) is 22.7 Å². The number of nitrogens with one attached hydrogen (secondary N) is 1. The molecule has 0 spiro atoms. The number of benzene rings is 1. The molecule has 0 aliphatic carbocycles. The van der Waals surface area contributed by atoms with Crippen molar-refractivity contribution in [1.82, 2.24) is 14.7 Å². The number of fused-ring (bicyclic) bond motifs is 1. The molecular weight excluding hydrogens is 266 g/mol. The average Bonchev–Trinajstić information content (AvgIpc) is 2.99. The summed E-state index contributed by atoms with van der Waals surface area (Å²) in [5.41, 5.74) is 3.86. The highest BCUT2D eigenvalue weighted by Gasteiger charge is 2.14. The third kappa shape index (κ3) is 2.76. The highest BCUT2D eigenvalue weighted by Crippen LogP contribution is 2.22. The third-order valence-electron chi connectivity index (χ3n) is 3.56. The highest BCUT2D eigenvalue weighted by atomic mass is 32.1. The largest absolute Gasteiger partial charge is 0.319 e. The monoisotopic (exact) mass is 285 g/mol. The second-order valence-corrected chi connectivity index (χ2v) is 6.07. The smallest absolute Gasteiger partial charge is 0.193 e. The molecule has 0 saturated carbocycles. The predicted molar refractivity (Wildman–Crippen MR) is 84.6 cm³/mol. The van der Waals surface area contributed by atoms with Crippen molar-refractivity contribution in [1.29, 1.82) is 0 Å². The molecule has 2 aromatic heterocycles. The Balaban J connectivity index is 1.85. The van der Waals surface area contributed by atoms with Gasteiger partial charge < -0.3 is 5.32 Å². The first-order valence-electron chi connectivity index (χ1n) is 6.88. The van der Waals surface area contributed by atoms with Crippen LogP contribution in [-0.2, 0) is 6.42 Å². The Morgan fingerprint density at radius 3 is 3.05 bits per heavy atom. The molecule has 1 aromatic carbocycles. The molecule has 0 bridgehead atoms. The Kier molecular flexibility index (Phi) is 3.85. The Morgan fingerprint density at radius 2 is 2.30 bits per heavy atom. The van der Waals surface area contributed by atoms with Gasteiger partial charge in [-0.15, -0.1) is 11.3 Å². The zero-order valence-corrected chi connectivity index (χ0v) is 12.7. The van der Waals surface area contributed by atoms with Gasteiger partial charge in [0, 0.05) is 30.2 Å². The van der Waals surface area contributed by atoms with Crippen LogP contribution in [0.5, 0.6) is 0 Å². The summed E-state index contributed by atoms with van der Waals surface area (Å²) < 4.78 is 2.10. The molecule has 1 N–H and O–H groups in total. The van der Waals surface area contributed by atoms with Crippen molar-refractivity contribution >= 4 is 16.3 Å². The van der Waals surface area contributed by atoms with Crippen molar-refractivity contribution in [2.24, 2.45) is 0 Å². The van der Waals surface area contributed by atoms with E-state index in [-0.39, 0.29) is 0 Å². The van der Waals surface area contributed by atoms with Gasteiger partial charge in [-0.05, 0) is 26.0 Å². The molecule has 3 rings (SSSR count). The lowest BCUT2D eigenvalue weighted by atomic mass is 9.93. The average molecular weight is 285 g/mol. The Morgan fingerprint density at radius 1 is 1.40 bits per heavy atom. The van der Waals surface area contributed by atoms with Crippen LogP contribution in [0, 0.1) is 6.92 Å². The van der Waals surface area contributed by atoms with E-state index in [0.717, 1.165) is 17.9 Å². The number of nitrogens with zero attached hydrogens (tertiary/aromatic N) is 2. The van der Waals surface area contributed by atoms with Crippen molar-refractivity contribution in [2.75, 3.05) is 13.6 Å². The standard InChI is InChI=1S/C16H19N3S/c1-12-4-3-5-13(8-12)14(10-17-2)9-15-11-19-6-7-20-16(19)18-15/h3-8,11,14,17H,9-10H2,1-2H3. The molecule has 0 amide bonds. The first kappa shape index (κ1) is 13.3. The summed E-state index contributed by atoms with van der Waals surface area (Å²) in [6.45, 7) is 3.11. The van der Waals surface area contributed by atoms with Crippen molar-refractivity contribution in [3.63, 3.8) is 0 Å². The molecule has 0 saturated heterocycles. The molecule has 0 fully saturated rings. The fraction of sp³-hybridized carbons (Fsp3) is 0.312. The van der Waals surface area contributed by atoms with Gasteiger partial charge in [-0.3, -0.25) is 4.40 Å². The summed E-state index contributed by atoms with van der Waals surface area (Å²) >= 11 is 1.68. The number of hydrogen-bond acceptors (Lipinski definition) is 3. The number of likely N-dealkylation sites (N-methyl/N-ethyl adjacent to an activating group) is 1. The molecular formula is C16H19N3S. The van der Waals surface area contributed by atoms with E-state index in [1.165, 1.54) is 16.8 Å². The molecule has 1 unspecified atom stereocenters. The highest BCUT2D eigenvalue weighted by molar-refractivity contribution is 7.15. The van der Waals surface area contributed by atoms with Gasteiger partial charge >= 0.3 is 0 Å². The van der Waals surface area contributed by atoms with Crippen LogP contribution in [0.25, 0.3) is 4.96 Å². The molecule has 0 aliphatic heterocycles. The van der Waals surface area contributed by atoms with Crippen LogP contribution in [0.2, 0.25) is 0 Å². The van der Waals surface area contributed by atoms with E-state index < -0.39 is 0 Å². The summed E-state index contributed by atoms with van der Waals surface area (Å²) in [6, 6.07) is 8.78. The number of thiazole rings is 1. The molecule has 20 heavy (non-hydrogen) atoms. The zero-order valence-electron chi connectivity index (χ0n) is 11.8. The van der Waals surface area contributed by atoms with Gasteiger partial charge in [0.05, 0.1) is 5.69 Å². The van der Waals surface area contributed by atoms with Crippen LogP contribution in [0.3, 0.4) is 0 Å². The van der Waals surface area contributed by atoms with E-state index in [9.17, 15) is 0 Å². The molecule has 3 nitrogen and oxygen atoms in total. The minimum atomic E-state index is 0.463. The lowest BCUT2D eigenvalue weighted by Gasteiger charge is -2.16. The van der Waals surface area contributed by atoms with E-state index in [4.69, 9.17) is 4.98 Å². The summed E-state index contributed by atoms with van der Waals surface area (Å²) in [5.74, 6) is 0.463. The van der Waals surface area contributed by atoms with Gasteiger partial charge in [0.1, 0.15) is 0 Å². The maximum atomic E-state index is 4.70. The van der Waals surface area contributed by atoms with Gasteiger partial charge in [-0.25, -0.2) is 4.98 Å². The molecule has 2 heterocycles. The van der Waals surface area contributed by atoms with Crippen molar-refractivity contribution < 1.29 is 0 Å². The van der Waals surface area contributed by atoms with E-state index in [1.807, 2.05) is 7.05 Å². The van der Waals surface area contributed by atoms with Crippen LogP contribution in [0.4, 0.5) is 0 Å². The first-order valence-corrected chi connectivity index (χ1v) is 7.76. The second-order valence-electron chi connectivity index (χ2n) is 5.20. The molecule has 0 aliphatic rings. The maximum Gasteiger partial charge on any atom is 0.193 e. The van der Waals surface area contributed by atoms with Gasteiger partial charge in [-0.1, -0.05) is 29.8 Å². The summed E-state index contributed by atoms with van der Waals surface area (Å²) in [4.78, 5) is 5.77. The summed E-state index contributed by atoms with van der Waals surface area (Å²) in [7, 11) is 2.01. The molecule has 3 aromatic rings. The van der Waals surface area contributed by atoms with Gasteiger partial charge in [-0.2, -0.15) is 0 Å². The molecule has 4 heteroatoms. The molecule has 104 valence electrons. The fourth-order valence-corrected chi connectivity index (χ4v) is 3.32.